The summed E-state index contributed by atoms with van der Waals surface area (Å²) in [6, 6.07) is 0. The molecule has 0 radical (unpaired) electrons. The van der Waals surface area contributed by atoms with Gasteiger partial charge in [0.2, 0.25) is 0 Å². The van der Waals surface area contributed by atoms with Crippen LogP contribution in [0, 0.1) is 0 Å². The normalized spacial score (nSPS) is 26.1. The maximum Gasteiger partial charge on any atom is 0.410 e. The molecule has 5 nitrogen and oxygen atoms in total. The highest BCUT2D eigenvalue weighted by Crippen LogP contribution is 2.37. The minimum absolute atomic E-state index is 0.0531. The molecule has 1 aliphatic carbocycles. The van der Waals surface area contributed by atoms with E-state index in [0.717, 1.165) is 25.7 Å². The van der Waals surface area contributed by atoms with Gasteiger partial charge >= 0.3 is 6.09 Å². The maximum absolute atomic E-state index is 12.0. The van der Waals surface area contributed by atoms with Crippen molar-refractivity contribution in [1.29, 1.82) is 0 Å². The molecule has 1 heterocycles. The summed E-state index contributed by atoms with van der Waals surface area (Å²) in [6.45, 7) is 7.46. The molecule has 0 aromatic heterocycles. The highest BCUT2D eigenvalue weighted by Gasteiger charge is 2.38. The molecule has 5 heteroatoms. The second-order valence-electron chi connectivity index (χ2n) is 6.82. The summed E-state index contributed by atoms with van der Waals surface area (Å²) in [5.74, 6) is 0. The van der Waals surface area contributed by atoms with E-state index in [0.29, 0.717) is 19.7 Å². The van der Waals surface area contributed by atoms with Crippen LogP contribution in [0.4, 0.5) is 4.79 Å². The fourth-order valence-electron chi connectivity index (χ4n) is 2.25. The van der Waals surface area contributed by atoms with E-state index in [4.69, 9.17) is 15.2 Å². The predicted molar refractivity (Wildman–Crippen MR) is 72.9 cm³/mol. The number of nitrogens with zero attached hydrogens (tertiary/aromatic N) is 1. The van der Waals surface area contributed by atoms with Gasteiger partial charge in [0.05, 0.1) is 19.3 Å². The van der Waals surface area contributed by atoms with Crippen molar-refractivity contribution in [3.05, 3.63) is 0 Å². The van der Waals surface area contributed by atoms with Crippen LogP contribution < -0.4 is 5.73 Å². The molecule has 1 amide bonds. The van der Waals surface area contributed by atoms with Gasteiger partial charge in [0.1, 0.15) is 5.60 Å². The second kappa shape index (κ2) is 5.29. The quantitative estimate of drug-likeness (QED) is 0.850. The molecule has 1 unspecified atom stereocenters. The Morgan fingerprint density at radius 3 is 2.74 bits per heavy atom. The van der Waals surface area contributed by atoms with Crippen LogP contribution in [-0.4, -0.2) is 47.9 Å². The highest BCUT2D eigenvalue weighted by molar-refractivity contribution is 5.68. The van der Waals surface area contributed by atoms with Crippen molar-refractivity contribution < 1.29 is 14.3 Å². The molecule has 1 aliphatic heterocycles. The molecule has 0 aromatic rings. The van der Waals surface area contributed by atoms with Crippen LogP contribution in [0.25, 0.3) is 0 Å². The van der Waals surface area contributed by atoms with Gasteiger partial charge in [-0.25, -0.2) is 4.79 Å². The third-order valence-electron chi connectivity index (χ3n) is 3.65. The molecule has 2 N–H and O–H groups in total. The Balaban J connectivity index is 1.77. The van der Waals surface area contributed by atoms with Crippen molar-refractivity contribution in [1.82, 2.24) is 4.90 Å². The molecule has 19 heavy (non-hydrogen) atoms. The average Bonchev–Trinajstić information content (AvgIpc) is 3.04. The van der Waals surface area contributed by atoms with Crippen LogP contribution in [-0.2, 0) is 9.47 Å². The van der Waals surface area contributed by atoms with Gasteiger partial charge in [0, 0.05) is 12.1 Å². The average molecular weight is 270 g/mol. The Morgan fingerprint density at radius 2 is 2.16 bits per heavy atom. The van der Waals surface area contributed by atoms with Crippen LogP contribution in [0.1, 0.15) is 46.5 Å². The molecule has 1 saturated carbocycles. The summed E-state index contributed by atoms with van der Waals surface area (Å²) in [6.07, 6.45) is 4.01. The van der Waals surface area contributed by atoms with Crippen molar-refractivity contribution in [3.63, 3.8) is 0 Å². The van der Waals surface area contributed by atoms with Crippen LogP contribution >= 0.6 is 0 Å². The van der Waals surface area contributed by atoms with Crippen LogP contribution in [0.5, 0.6) is 0 Å². The van der Waals surface area contributed by atoms with E-state index in [9.17, 15) is 4.79 Å². The third kappa shape index (κ3) is 4.66. The summed E-state index contributed by atoms with van der Waals surface area (Å²) < 4.78 is 11.1. The van der Waals surface area contributed by atoms with Gasteiger partial charge in [0.15, 0.2) is 0 Å². The zero-order chi connectivity index (χ0) is 14.1. The largest absolute Gasteiger partial charge is 0.444 e. The molecule has 0 aromatic carbocycles. The summed E-state index contributed by atoms with van der Waals surface area (Å²) in [7, 11) is 0. The molecule has 0 bridgehead atoms. The van der Waals surface area contributed by atoms with Gasteiger partial charge in [-0.2, -0.15) is 0 Å². The van der Waals surface area contributed by atoms with E-state index in [1.807, 2.05) is 20.8 Å². The Kier molecular flexibility index (Phi) is 4.06. The lowest BCUT2D eigenvalue weighted by molar-refractivity contribution is -0.0456. The van der Waals surface area contributed by atoms with Crippen molar-refractivity contribution >= 4 is 6.09 Å². The fourth-order valence-corrected chi connectivity index (χ4v) is 2.25. The van der Waals surface area contributed by atoms with Crippen LogP contribution in [0.15, 0.2) is 0 Å². The smallest absolute Gasteiger partial charge is 0.410 e. The maximum atomic E-state index is 12.0. The molecular formula is C14H26N2O3. The number of hydrogen-bond acceptors (Lipinski definition) is 4. The molecule has 1 saturated heterocycles. The summed E-state index contributed by atoms with van der Waals surface area (Å²) in [4.78, 5) is 13.7. The lowest BCUT2D eigenvalue weighted by Gasteiger charge is -2.34. The topological polar surface area (TPSA) is 64.8 Å². The predicted octanol–water partition coefficient (Wildman–Crippen LogP) is 1.89. The van der Waals surface area contributed by atoms with Gasteiger partial charge in [-0.3, -0.25) is 0 Å². The third-order valence-corrected chi connectivity index (χ3v) is 3.65. The number of carbonyl (C=O) groups excluding carboxylic acids is 1. The SMILES string of the molecule is CC(C)(C)OC(=O)N1CCOC(CCC2(N)CC2)C1. The first-order valence-corrected chi connectivity index (χ1v) is 7.16. The van der Waals surface area contributed by atoms with Crippen molar-refractivity contribution in [2.24, 2.45) is 5.73 Å². The van der Waals surface area contributed by atoms with Crippen LogP contribution in [0.3, 0.4) is 0 Å². The van der Waals surface area contributed by atoms with E-state index < -0.39 is 5.60 Å². The number of hydrogen-bond donors (Lipinski definition) is 1. The standard InChI is InChI=1S/C14H26N2O3/c1-13(2,3)19-12(17)16-8-9-18-11(10-16)4-5-14(15)6-7-14/h11H,4-10,15H2,1-3H3. The lowest BCUT2D eigenvalue weighted by atomic mass is 10.1. The molecule has 0 spiro atoms. The number of amides is 1. The Bertz CT molecular complexity index is 334. The van der Waals surface area contributed by atoms with Crippen molar-refractivity contribution in [2.75, 3.05) is 19.7 Å². The first-order valence-electron chi connectivity index (χ1n) is 7.16. The Morgan fingerprint density at radius 1 is 1.47 bits per heavy atom. The number of nitrogens with two attached hydrogens (primary N) is 1. The van der Waals surface area contributed by atoms with Gasteiger partial charge < -0.3 is 20.1 Å². The highest BCUT2D eigenvalue weighted by atomic mass is 16.6. The first-order chi connectivity index (χ1) is 8.77. The molecular weight excluding hydrogens is 244 g/mol. The summed E-state index contributed by atoms with van der Waals surface area (Å²) in [5.41, 5.74) is 5.69. The molecule has 2 rings (SSSR count). The number of rotatable bonds is 3. The van der Waals surface area contributed by atoms with Gasteiger partial charge in [-0.05, 0) is 46.5 Å². The summed E-state index contributed by atoms with van der Waals surface area (Å²) in [5, 5.41) is 0. The molecule has 2 aliphatic rings. The number of ether oxygens (including phenoxy) is 2. The van der Waals surface area contributed by atoms with Gasteiger partial charge in [-0.1, -0.05) is 0 Å². The first kappa shape index (κ1) is 14.6. The zero-order valence-corrected chi connectivity index (χ0v) is 12.3. The number of morpholine rings is 1. The van der Waals surface area contributed by atoms with E-state index in [-0.39, 0.29) is 17.7 Å². The number of carbonyl (C=O) groups is 1. The monoisotopic (exact) mass is 270 g/mol. The van der Waals surface area contributed by atoms with Gasteiger partial charge in [-0.15, -0.1) is 0 Å². The molecule has 110 valence electrons. The van der Waals surface area contributed by atoms with E-state index in [1.54, 1.807) is 4.90 Å². The Labute approximate surface area is 115 Å². The van der Waals surface area contributed by atoms with E-state index >= 15 is 0 Å². The van der Waals surface area contributed by atoms with E-state index in [2.05, 4.69) is 0 Å². The van der Waals surface area contributed by atoms with E-state index in [1.165, 1.54) is 0 Å². The summed E-state index contributed by atoms with van der Waals surface area (Å²) >= 11 is 0. The van der Waals surface area contributed by atoms with Crippen LogP contribution in [0.2, 0.25) is 0 Å². The minimum atomic E-state index is -0.444. The van der Waals surface area contributed by atoms with Gasteiger partial charge in [0.25, 0.3) is 0 Å². The molecule has 2 fully saturated rings. The minimum Gasteiger partial charge on any atom is -0.444 e. The molecule has 1 atom stereocenters. The van der Waals surface area contributed by atoms with Crippen molar-refractivity contribution in [3.8, 4) is 0 Å². The second-order valence-corrected chi connectivity index (χ2v) is 6.82. The lowest BCUT2D eigenvalue weighted by Crippen LogP contribution is -2.47. The zero-order valence-electron chi connectivity index (χ0n) is 12.3. The fraction of sp³-hybridized carbons (Fsp3) is 0.929. The van der Waals surface area contributed by atoms with Crippen molar-refractivity contribution in [2.45, 2.75) is 63.7 Å². The Hall–Kier alpha value is -0.810.